The number of carbonyl (C=O) groups excluding carboxylic acids is 1. The van der Waals surface area contributed by atoms with E-state index in [0.29, 0.717) is 20.5 Å². The van der Waals surface area contributed by atoms with Gasteiger partial charge in [0.2, 0.25) is 0 Å². The number of halogens is 1. The highest BCUT2D eigenvalue weighted by molar-refractivity contribution is 7.91. The van der Waals surface area contributed by atoms with Gasteiger partial charge < -0.3 is 5.11 Å². The topological polar surface area (TPSA) is 124 Å². The third-order valence-electron chi connectivity index (χ3n) is 5.73. The number of benzene rings is 2. The molecule has 2 aromatic carbocycles. The number of carboxylic acid groups (broad SMARTS) is 1. The molecular weight excluding hydrogens is 500 g/mol. The summed E-state index contributed by atoms with van der Waals surface area (Å²) in [6, 6.07) is 16.3. The maximum atomic E-state index is 13.1. The molecule has 1 saturated carbocycles. The smallest absolute Gasteiger partial charge is 0.325 e. The zero-order valence-electron chi connectivity index (χ0n) is 17.9. The van der Waals surface area contributed by atoms with Crippen LogP contribution in [0.15, 0.2) is 64.9 Å². The molecule has 0 aliphatic heterocycles. The fraction of sp³-hybridized carbons (Fsp3) is 0.217. The molecule has 0 radical (unpaired) electrons. The van der Waals surface area contributed by atoms with E-state index in [0.717, 1.165) is 16.9 Å². The number of carboxylic acids is 1. The summed E-state index contributed by atoms with van der Waals surface area (Å²) < 4.78 is 28.6. The molecule has 1 unspecified atom stereocenters. The molecule has 11 heteroatoms. The molecule has 3 N–H and O–H groups in total. The number of rotatable bonds is 8. The lowest BCUT2D eigenvalue weighted by Gasteiger charge is -2.18. The van der Waals surface area contributed by atoms with Crippen molar-refractivity contribution in [1.82, 2.24) is 9.79 Å². The van der Waals surface area contributed by atoms with Gasteiger partial charge in [-0.3, -0.25) is 14.8 Å². The molecule has 1 aromatic heterocycles. The normalized spacial score (nSPS) is 19.6. The quantitative estimate of drug-likeness (QED) is 0.302. The predicted octanol–water partition coefficient (Wildman–Crippen LogP) is 4.21. The Balaban J connectivity index is 1.63. The Labute approximate surface area is 205 Å². The van der Waals surface area contributed by atoms with Crippen molar-refractivity contribution < 1.29 is 28.3 Å². The number of carbonyl (C=O) groups is 2. The Bertz CT molecular complexity index is 1360. The number of amides is 1. The number of nitrogens with zero attached hydrogens (tertiary/aromatic N) is 1. The summed E-state index contributed by atoms with van der Waals surface area (Å²) in [5.41, 5.74) is -0.532. The van der Waals surface area contributed by atoms with Crippen molar-refractivity contribution in [2.75, 3.05) is 6.54 Å². The summed E-state index contributed by atoms with van der Waals surface area (Å²) >= 11 is 6.92. The van der Waals surface area contributed by atoms with Crippen LogP contribution in [-0.4, -0.2) is 47.8 Å². The first-order chi connectivity index (χ1) is 16.1. The van der Waals surface area contributed by atoms with E-state index in [1.165, 1.54) is 12.1 Å². The van der Waals surface area contributed by atoms with Crippen LogP contribution in [0.4, 0.5) is 0 Å². The van der Waals surface area contributed by atoms with Gasteiger partial charge in [0.1, 0.15) is 9.75 Å². The highest BCUT2D eigenvalue weighted by Gasteiger charge is 2.64. The molecule has 8 nitrogen and oxygen atoms in total. The second kappa shape index (κ2) is 9.12. The Morgan fingerprint density at radius 3 is 2.47 bits per heavy atom. The number of hydroxylamine groups is 2. The van der Waals surface area contributed by atoms with E-state index < -0.39 is 33.4 Å². The zero-order valence-corrected chi connectivity index (χ0v) is 20.3. The van der Waals surface area contributed by atoms with Crippen LogP contribution in [0, 0.1) is 0 Å². The number of hydrogen-bond acceptors (Lipinski definition) is 6. The van der Waals surface area contributed by atoms with Crippen LogP contribution < -0.4 is 4.72 Å². The fourth-order valence-corrected chi connectivity index (χ4v) is 6.68. The summed E-state index contributed by atoms with van der Waals surface area (Å²) in [7, 11) is -4.17. The van der Waals surface area contributed by atoms with E-state index in [4.69, 9.17) is 11.6 Å². The molecule has 2 atom stereocenters. The van der Waals surface area contributed by atoms with E-state index in [1.54, 1.807) is 55.5 Å². The molecule has 34 heavy (non-hydrogen) atoms. The Morgan fingerprint density at radius 2 is 1.82 bits per heavy atom. The van der Waals surface area contributed by atoms with Crippen molar-refractivity contribution in [3.05, 3.63) is 76.8 Å². The summed E-state index contributed by atoms with van der Waals surface area (Å²) in [5.74, 6) is -2.80. The largest absolute Gasteiger partial charge is 0.480 e. The van der Waals surface area contributed by atoms with Gasteiger partial charge in [-0.1, -0.05) is 41.9 Å². The monoisotopic (exact) mass is 520 g/mol. The molecule has 178 valence electrons. The van der Waals surface area contributed by atoms with Gasteiger partial charge in [-0.15, -0.1) is 11.3 Å². The molecule has 1 aliphatic carbocycles. The lowest BCUT2D eigenvalue weighted by atomic mass is 9.99. The zero-order chi connectivity index (χ0) is 24.7. The third-order valence-corrected chi connectivity index (χ3v) is 9.12. The third kappa shape index (κ3) is 4.47. The van der Waals surface area contributed by atoms with Gasteiger partial charge in [0.05, 0.1) is 0 Å². The Kier molecular flexibility index (Phi) is 6.54. The SMILES string of the molecule is CCN(O)C(=O)c1ccccc1[C@@H]1CC1(NS(=O)(=O)c1ccc(-c2ccc(Cl)cc2)s1)C(=O)O. The van der Waals surface area contributed by atoms with Gasteiger partial charge in [-0.25, -0.2) is 13.5 Å². The van der Waals surface area contributed by atoms with Crippen LogP contribution in [0.25, 0.3) is 10.4 Å². The highest BCUT2D eigenvalue weighted by atomic mass is 35.5. The summed E-state index contributed by atoms with van der Waals surface area (Å²) in [6.07, 6.45) is -0.0289. The maximum Gasteiger partial charge on any atom is 0.325 e. The number of hydrogen-bond donors (Lipinski definition) is 3. The molecule has 0 spiro atoms. The number of aliphatic carboxylic acids is 1. The second-order valence-corrected chi connectivity index (χ2v) is 11.3. The van der Waals surface area contributed by atoms with Crippen molar-refractivity contribution in [3.8, 4) is 10.4 Å². The van der Waals surface area contributed by atoms with Crippen LogP contribution in [0.3, 0.4) is 0 Å². The average Bonchev–Trinajstić information content (AvgIpc) is 3.30. The molecule has 4 rings (SSSR count). The van der Waals surface area contributed by atoms with Crippen molar-refractivity contribution in [2.24, 2.45) is 0 Å². The van der Waals surface area contributed by atoms with Crippen molar-refractivity contribution >= 4 is 44.8 Å². The molecule has 0 bridgehead atoms. The number of nitrogens with one attached hydrogen (secondary N) is 1. The van der Waals surface area contributed by atoms with E-state index in [9.17, 15) is 28.3 Å². The first kappa shape index (κ1) is 24.4. The maximum absolute atomic E-state index is 13.1. The molecule has 1 heterocycles. The Hall–Kier alpha value is -2.76. The number of thiophene rings is 1. The fourth-order valence-electron chi connectivity index (χ4n) is 3.83. The summed E-state index contributed by atoms with van der Waals surface area (Å²) in [5, 5.41) is 20.9. The van der Waals surface area contributed by atoms with E-state index in [1.807, 2.05) is 0 Å². The molecule has 0 saturated heterocycles. The van der Waals surface area contributed by atoms with Crippen molar-refractivity contribution in [2.45, 2.75) is 29.0 Å². The van der Waals surface area contributed by atoms with Crippen LogP contribution in [0.2, 0.25) is 5.02 Å². The standard InChI is InChI=1S/C23H21ClN2O6S2/c1-2-26(30)21(27)17-6-4-3-5-16(17)18-13-23(18,22(28)29)25-34(31,32)20-12-11-19(33-20)14-7-9-15(24)10-8-14/h3-12,18,25,30H,2,13H2,1H3,(H,28,29)/t18-,23?/m0/s1. The van der Waals surface area contributed by atoms with Gasteiger partial charge in [0.25, 0.3) is 15.9 Å². The minimum absolute atomic E-state index is 0.0272. The summed E-state index contributed by atoms with van der Waals surface area (Å²) in [6.45, 7) is 1.63. The molecule has 1 aliphatic rings. The molecular formula is C23H21ClN2O6S2. The van der Waals surface area contributed by atoms with Crippen molar-refractivity contribution in [1.29, 1.82) is 0 Å². The van der Waals surface area contributed by atoms with Crippen LogP contribution in [0.1, 0.15) is 35.2 Å². The minimum atomic E-state index is -4.17. The van der Waals surface area contributed by atoms with Gasteiger partial charge in [-0.2, -0.15) is 4.72 Å². The predicted molar refractivity (Wildman–Crippen MR) is 128 cm³/mol. The van der Waals surface area contributed by atoms with E-state index >= 15 is 0 Å². The minimum Gasteiger partial charge on any atom is -0.480 e. The van der Waals surface area contributed by atoms with Gasteiger partial charge in [0, 0.05) is 27.9 Å². The van der Waals surface area contributed by atoms with Gasteiger partial charge >= 0.3 is 5.97 Å². The van der Waals surface area contributed by atoms with Gasteiger partial charge in [0.15, 0.2) is 0 Å². The second-order valence-electron chi connectivity index (χ2n) is 7.87. The van der Waals surface area contributed by atoms with Crippen LogP contribution in [-0.2, 0) is 14.8 Å². The number of sulfonamides is 1. The van der Waals surface area contributed by atoms with Crippen LogP contribution in [0.5, 0.6) is 0 Å². The first-order valence-electron chi connectivity index (χ1n) is 10.3. The molecule has 1 amide bonds. The van der Waals surface area contributed by atoms with Crippen LogP contribution >= 0.6 is 22.9 Å². The van der Waals surface area contributed by atoms with E-state index in [2.05, 4.69) is 4.72 Å². The Morgan fingerprint density at radius 1 is 1.15 bits per heavy atom. The molecule has 3 aromatic rings. The first-order valence-corrected chi connectivity index (χ1v) is 13.0. The average molecular weight is 521 g/mol. The highest BCUT2D eigenvalue weighted by Crippen LogP contribution is 2.53. The van der Waals surface area contributed by atoms with Crippen molar-refractivity contribution in [3.63, 3.8) is 0 Å². The lowest BCUT2D eigenvalue weighted by Crippen LogP contribution is -2.44. The van der Waals surface area contributed by atoms with E-state index in [-0.39, 0.29) is 22.7 Å². The van der Waals surface area contributed by atoms with Gasteiger partial charge in [-0.05, 0) is 54.8 Å². The lowest BCUT2D eigenvalue weighted by molar-refractivity contribution is -0.140. The molecule has 1 fully saturated rings. The summed E-state index contributed by atoms with van der Waals surface area (Å²) in [4.78, 5) is 25.5.